The average Bonchev–Trinajstić information content (AvgIpc) is 2.35. The molecule has 90 valence electrons. The molecule has 0 saturated carbocycles. The zero-order valence-electron chi connectivity index (χ0n) is 9.43. The highest BCUT2D eigenvalue weighted by atomic mass is 16.3. The van der Waals surface area contributed by atoms with E-state index in [9.17, 15) is 19.8 Å². The third kappa shape index (κ3) is 1.26. The van der Waals surface area contributed by atoms with Crippen LogP contribution in [0.15, 0.2) is 41.2 Å². The van der Waals surface area contributed by atoms with E-state index >= 15 is 0 Å². The quantitative estimate of drug-likeness (QED) is 0.732. The highest BCUT2D eigenvalue weighted by Gasteiger charge is 2.36. The molecule has 0 atom stereocenters. The van der Waals surface area contributed by atoms with Crippen molar-refractivity contribution in [3.05, 3.63) is 52.3 Å². The third-order valence-corrected chi connectivity index (χ3v) is 3.31. The number of carbonyl (C=O) groups is 2. The summed E-state index contributed by atoms with van der Waals surface area (Å²) in [7, 11) is 0. The Labute approximate surface area is 103 Å². The molecule has 0 bridgehead atoms. The zero-order valence-corrected chi connectivity index (χ0v) is 9.43. The molecule has 2 N–H and O–H groups in total. The summed E-state index contributed by atoms with van der Waals surface area (Å²) in [5.41, 5.74) is 0.593. The lowest BCUT2D eigenvalue weighted by molar-refractivity contribution is 0.0964. The van der Waals surface area contributed by atoms with Crippen LogP contribution in [0.1, 0.15) is 33.6 Å². The first-order valence-electron chi connectivity index (χ1n) is 5.65. The molecular weight excluding hydrogens is 232 g/mol. The molecule has 0 heterocycles. The van der Waals surface area contributed by atoms with Crippen molar-refractivity contribution in [3.8, 4) is 5.75 Å². The second-order valence-corrected chi connectivity index (χ2v) is 4.34. The SMILES string of the molecule is O=C1C2=C(C(=O)c3c(O)cccc31)C(O)=CCC2. The monoisotopic (exact) mass is 242 g/mol. The van der Waals surface area contributed by atoms with Gasteiger partial charge in [0.25, 0.3) is 0 Å². The highest BCUT2D eigenvalue weighted by molar-refractivity contribution is 6.29. The Kier molecular flexibility index (Phi) is 2.13. The van der Waals surface area contributed by atoms with Crippen LogP contribution in [0, 0.1) is 0 Å². The minimum Gasteiger partial charge on any atom is -0.508 e. The van der Waals surface area contributed by atoms with Crippen LogP contribution in [0.3, 0.4) is 0 Å². The van der Waals surface area contributed by atoms with Gasteiger partial charge in [-0.1, -0.05) is 12.1 Å². The number of aliphatic hydroxyl groups is 1. The Morgan fingerprint density at radius 1 is 1.06 bits per heavy atom. The van der Waals surface area contributed by atoms with Crippen LogP contribution < -0.4 is 0 Å². The van der Waals surface area contributed by atoms with Crippen molar-refractivity contribution in [1.82, 2.24) is 0 Å². The lowest BCUT2D eigenvalue weighted by atomic mass is 9.79. The van der Waals surface area contributed by atoms with Gasteiger partial charge in [-0.15, -0.1) is 0 Å². The van der Waals surface area contributed by atoms with Crippen LogP contribution in [0.2, 0.25) is 0 Å². The molecule has 0 aromatic heterocycles. The molecule has 4 heteroatoms. The van der Waals surface area contributed by atoms with Gasteiger partial charge in [-0.05, 0) is 25.0 Å². The normalized spacial score (nSPS) is 18.3. The van der Waals surface area contributed by atoms with E-state index in [1.807, 2.05) is 0 Å². The van der Waals surface area contributed by atoms with Crippen LogP contribution in [-0.2, 0) is 0 Å². The van der Waals surface area contributed by atoms with Crippen molar-refractivity contribution in [2.24, 2.45) is 0 Å². The standard InChI is InChI=1S/C14H10O4/c15-9-5-1-3-7-11(9)14(18)12-8(13(7)17)4-2-6-10(12)16/h1,3,5-6,15-16H,2,4H2. The average molecular weight is 242 g/mol. The molecule has 0 unspecified atom stereocenters. The predicted octanol–water partition coefficient (Wildman–Crippen LogP) is 2.30. The number of Topliss-reactive ketones (excluding diaryl/α,β-unsaturated/α-hetero) is 2. The summed E-state index contributed by atoms with van der Waals surface area (Å²) in [5, 5.41) is 19.5. The Hall–Kier alpha value is -2.36. The Bertz CT molecular complexity index is 650. The number of allylic oxidation sites excluding steroid dienone is 3. The number of hydrogen-bond donors (Lipinski definition) is 2. The summed E-state index contributed by atoms with van der Waals surface area (Å²) < 4.78 is 0. The number of hydrogen-bond acceptors (Lipinski definition) is 4. The molecule has 0 fully saturated rings. The second-order valence-electron chi connectivity index (χ2n) is 4.34. The maximum Gasteiger partial charge on any atom is 0.201 e. The van der Waals surface area contributed by atoms with Gasteiger partial charge in [0, 0.05) is 11.1 Å². The summed E-state index contributed by atoms with van der Waals surface area (Å²) in [6.45, 7) is 0. The second kappa shape index (κ2) is 3.57. The van der Waals surface area contributed by atoms with Gasteiger partial charge < -0.3 is 10.2 Å². The van der Waals surface area contributed by atoms with Gasteiger partial charge in [-0.3, -0.25) is 9.59 Å². The molecule has 0 amide bonds. The van der Waals surface area contributed by atoms with E-state index in [-0.39, 0.29) is 34.0 Å². The van der Waals surface area contributed by atoms with Gasteiger partial charge in [-0.2, -0.15) is 0 Å². The first-order chi connectivity index (χ1) is 8.61. The number of ketones is 2. The largest absolute Gasteiger partial charge is 0.508 e. The van der Waals surface area contributed by atoms with E-state index in [1.54, 1.807) is 0 Å². The summed E-state index contributed by atoms with van der Waals surface area (Å²) in [6.07, 6.45) is 2.51. The van der Waals surface area contributed by atoms with Crippen molar-refractivity contribution in [3.63, 3.8) is 0 Å². The molecule has 0 saturated heterocycles. The smallest absolute Gasteiger partial charge is 0.201 e. The van der Waals surface area contributed by atoms with Crippen molar-refractivity contribution >= 4 is 11.6 Å². The first kappa shape index (κ1) is 10.8. The molecule has 1 aromatic rings. The Morgan fingerprint density at radius 2 is 1.83 bits per heavy atom. The number of benzene rings is 1. The number of carbonyl (C=O) groups excluding carboxylic acids is 2. The molecule has 0 spiro atoms. The fourth-order valence-corrected chi connectivity index (χ4v) is 2.47. The van der Waals surface area contributed by atoms with E-state index in [1.165, 1.54) is 24.3 Å². The molecule has 4 nitrogen and oxygen atoms in total. The lowest BCUT2D eigenvalue weighted by Gasteiger charge is -2.23. The van der Waals surface area contributed by atoms with Gasteiger partial charge >= 0.3 is 0 Å². The number of phenolic OH excluding ortho intramolecular Hbond substituents is 1. The number of rotatable bonds is 0. The predicted molar refractivity (Wildman–Crippen MR) is 63.7 cm³/mol. The van der Waals surface area contributed by atoms with Crippen molar-refractivity contribution in [2.75, 3.05) is 0 Å². The summed E-state index contributed by atoms with van der Waals surface area (Å²) in [4.78, 5) is 24.5. The van der Waals surface area contributed by atoms with E-state index < -0.39 is 5.78 Å². The summed E-state index contributed by atoms with van der Waals surface area (Å²) in [5.74, 6) is -1.15. The third-order valence-electron chi connectivity index (χ3n) is 3.31. The van der Waals surface area contributed by atoms with Crippen molar-refractivity contribution in [2.45, 2.75) is 12.8 Å². The Balaban J connectivity index is 2.31. The molecule has 2 aliphatic carbocycles. The number of aliphatic hydroxyl groups excluding tert-OH is 1. The van der Waals surface area contributed by atoms with Crippen LogP contribution in [0.25, 0.3) is 0 Å². The fraction of sp³-hybridized carbons (Fsp3) is 0.143. The molecule has 0 radical (unpaired) electrons. The van der Waals surface area contributed by atoms with E-state index in [0.29, 0.717) is 18.4 Å². The van der Waals surface area contributed by atoms with Crippen LogP contribution in [-0.4, -0.2) is 21.8 Å². The van der Waals surface area contributed by atoms with Crippen molar-refractivity contribution in [1.29, 1.82) is 0 Å². The maximum atomic E-state index is 12.3. The van der Waals surface area contributed by atoms with Gasteiger partial charge in [-0.25, -0.2) is 0 Å². The molecule has 1 aromatic carbocycles. The topological polar surface area (TPSA) is 74.6 Å². The highest BCUT2D eigenvalue weighted by Crippen LogP contribution is 2.37. The molecule has 3 rings (SSSR count). The van der Waals surface area contributed by atoms with Gasteiger partial charge in [0.15, 0.2) is 5.78 Å². The van der Waals surface area contributed by atoms with Gasteiger partial charge in [0.2, 0.25) is 5.78 Å². The van der Waals surface area contributed by atoms with E-state index in [2.05, 4.69) is 0 Å². The van der Waals surface area contributed by atoms with E-state index in [4.69, 9.17) is 0 Å². The minimum absolute atomic E-state index is 0.0110. The summed E-state index contributed by atoms with van der Waals surface area (Å²) in [6, 6.07) is 4.41. The van der Waals surface area contributed by atoms with Crippen LogP contribution >= 0.6 is 0 Å². The molecule has 18 heavy (non-hydrogen) atoms. The number of phenols is 1. The molecule has 0 aliphatic heterocycles. The van der Waals surface area contributed by atoms with Crippen LogP contribution in [0.5, 0.6) is 5.75 Å². The summed E-state index contributed by atoms with van der Waals surface area (Å²) >= 11 is 0. The first-order valence-corrected chi connectivity index (χ1v) is 5.65. The Morgan fingerprint density at radius 3 is 2.61 bits per heavy atom. The maximum absolute atomic E-state index is 12.3. The van der Waals surface area contributed by atoms with Gasteiger partial charge in [0.05, 0.1) is 11.1 Å². The zero-order chi connectivity index (χ0) is 12.9. The molecular formula is C14H10O4. The van der Waals surface area contributed by atoms with Gasteiger partial charge in [0.1, 0.15) is 11.5 Å². The molecule has 2 aliphatic rings. The lowest BCUT2D eigenvalue weighted by Crippen LogP contribution is -2.24. The minimum atomic E-state index is -0.480. The fourth-order valence-electron chi connectivity index (χ4n) is 2.47. The number of fused-ring (bicyclic) bond motifs is 1. The number of aromatic hydroxyl groups is 1. The van der Waals surface area contributed by atoms with Crippen molar-refractivity contribution < 1.29 is 19.8 Å². The van der Waals surface area contributed by atoms with E-state index in [0.717, 1.165) is 0 Å². The van der Waals surface area contributed by atoms with Crippen LogP contribution in [0.4, 0.5) is 0 Å².